The summed E-state index contributed by atoms with van der Waals surface area (Å²) in [4.78, 5) is 15.5. The molecule has 1 saturated heterocycles. The first kappa shape index (κ1) is 14.7. The van der Waals surface area contributed by atoms with Crippen molar-refractivity contribution < 1.29 is 9.90 Å². The van der Waals surface area contributed by atoms with E-state index < -0.39 is 5.97 Å². The topological polar surface area (TPSA) is 58.4 Å². The SMILES string of the molecule is O=C(O)CSc1nc2cc(Br)ccc2n1N1CCCCC1. The van der Waals surface area contributed by atoms with Crippen molar-refractivity contribution >= 4 is 44.7 Å². The van der Waals surface area contributed by atoms with E-state index in [1.807, 2.05) is 18.2 Å². The van der Waals surface area contributed by atoms with E-state index in [0.717, 1.165) is 33.8 Å². The van der Waals surface area contributed by atoms with E-state index in [2.05, 4.69) is 30.6 Å². The number of thioether (sulfide) groups is 1. The van der Waals surface area contributed by atoms with Crippen LogP contribution in [0.5, 0.6) is 0 Å². The number of carboxylic acid groups (broad SMARTS) is 1. The van der Waals surface area contributed by atoms with E-state index in [4.69, 9.17) is 5.11 Å². The Labute approximate surface area is 135 Å². The van der Waals surface area contributed by atoms with Gasteiger partial charge in [-0.2, -0.15) is 0 Å². The number of carbonyl (C=O) groups is 1. The van der Waals surface area contributed by atoms with Crippen LogP contribution in [0.1, 0.15) is 19.3 Å². The molecule has 0 bridgehead atoms. The number of piperidine rings is 1. The number of nitrogens with zero attached hydrogens (tertiary/aromatic N) is 3. The third kappa shape index (κ3) is 3.18. The van der Waals surface area contributed by atoms with Crippen LogP contribution in [0.3, 0.4) is 0 Å². The van der Waals surface area contributed by atoms with Gasteiger partial charge >= 0.3 is 5.97 Å². The number of halogens is 1. The highest BCUT2D eigenvalue weighted by Gasteiger charge is 2.19. The van der Waals surface area contributed by atoms with Crippen LogP contribution in [-0.2, 0) is 4.79 Å². The summed E-state index contributed by atoms with van der Waals surface area (Å²) in [6, 6.07) is 6.00. The molecule has 21 heavy (non-hydrogen) atoms. The molecule has 0 unspecified atom stereocenters. The summed E-state index contributed by atoms with van der Waals surface area (Å²) in [6.45, 7) is 1.98. The summed E-state index contributed by atoms with van der Waals surface area (Å²) in [5, 5.41) is 11.9. The molecule has 1 fully saturated rings. The highest BCUT2D eigenvalue weighted by Crippen LogP contribution is 2.27. The van der Waals surface area contributed by atoms with Gasteiger partial charge in [-0.1, -0.05) is 27.7 Å². The molecule has 0 radical (unpaired) electrons. The number of carboxylic acids is 1. The first-order valence-corrected chi connectivity index (χ1v) is 8.71. The fourth-order valence-electron chi connectivity index (χ4n) is 2.59. The van der Waals surface area contributed by atoms with E-state index in [-0.39, 0.29) is 5.75 Å². The van der Waals surface area contributed by atoms with Crippen LogP contribution in [0.4, 0.5) is 0 Å². The first-order chi connectivity index (χ1) is 10.1. The van der Waals surface area contributed by atoms with E-state index in [9.17, 15) is 4.79 Å². The maximum Gasteiger partial charge on any atom is 0.313 e. The molecule has 1 aromatic heterocycles. The Kier molecular flexibility index (Phi) is 4.40. The Morgan fingerprint density at radius 2 is 2.10 bits per heavy atom. The zero-order valence-corrected chi connectivity index (χ0v) is 13.9. The largest absolute Gasteiger partial charge is 0.481 e. The lowest BCUT2D eigenvalue weighted by atomic mass is 10.2. The predicted octanol–water partition coefficient (Wildman–Crippen LogP) is 3.10. The van der Waals surface area contributed by atoms with Gasteiger partial charge in [0.25, 0.3) is 0 Å². The number of fused-ring (bicyclic) bond motifs is 1. The normalized spacial score (nSPS) is 15.6. The molecule has 112 valence electrons. The average molecular weight is 370 g/mol. The van der Waals surface area contributed by atoms with Gasteiger partial charge in [0.15, 0.2) is 5.16 Å². The van der Waals surface area contributed by atoms with Crippen LogP contribution in [0, 0.1) is 0 Å². The van der Waals surface area contributed by atoms with E-state index >= 15 is 0 Å². The third-order valence-electron chi connectivity index (χ3n) is 3.50. The monoisotopic (exact) mass is 369 g/mol. The molecule has 3 rings (SSSR count). The van der Waals surface area contributed by atoms with Gasteiger partial charge in [-0.05, 0) is 37.5 Å². The molecule has 1 aliphatic rings. The second-order valence-corrected chi connectivity index (χ2v) is 6.89. The van der Waals surface area contributed by atoms with Gasteiger partial charge < -0.3 is 10.1 Å². The Hall–Kier alpha value is -1.21. The molecular weight excluding hydrogens is 354 g/mol. The number of benzene rings is 1. The maximum atomic E-state index is 10.9. The summed E-state index contributed by atoms with van der Waals surface area (Å²) < 4.78 is 3.07. The van der Waals surface area contributed by atoms with E-state index in [0.29, 0.717) is 0 Å². The average Bonchev–Trinajstić information content (AvgIpc) is 2.83. The fourth-order valence-corrected chi connectivity index (χ4v) is 3.69. The summed E-state index contributed by atoms with van der Waals surface area (Å²) in [6.07, 6.45) is 3.59. The molecule has 1 N–H and O–H groups in total. The van der Waals surface area contributed by atoms with Crippen LogP contribution in [0.25, 0.3) is 11.0 Å². The Morgan fingerprint density at radius 3 is 2.81 bits per heavy atom. The number of imidazole rings is 1. The Bertz CT molecular complexity index is 668. The lowest BCUT2D eigenvalue weighted by Crippen LogP contribution is -2.39. The van der Waals surface area contributed by atoms with Gasteiger partial charge in [-0.3, -0.25) is 4.79 Å². The standard InChI is InChI=1S/C14H16BrN3O2S/c15-10-4-5-12-11(8-10)16-14(21-9-13(19)20)18(12)17-6-2-1-3-7-17/h4-5,8H,1-3,6-7,9H2,(H,19,20). The second-order valence-electron chi connectivity index (χ2n) is 5.04. The quantitative estimate of drug-likeness (QED) is 0.839. The number of aromatic nitrogens is 2. The minimum atomic E-state index is -0.821. The molecule has 0 amide bonds. The lowest BCUT2D eigenvalue weighted by molar-refractivity contribution is -0.133. The van der Waals surface area contributed by atoms with Crippen molar-refractivity contribution in [3.8, 4) is 0 Å². The van der Waals surface area contributed by atoms with Crippen molar-refractivity contribution in [2.75, 3.05) is 23.9 Å². The predicted molar refractivity (Wildman–Crippen MR) is 87.6 cm³/mol. The Balaban J connectivity index is 2.03. The summed E-state index contributed by atoms with van der Waals surface area (Å²) in [7, 11) is 0. The van der Waals surface area contributed by atoms with E-state index in [1.54, 1.807) is 0 Å². The van der Waals surface area contributed by atoms with Crippen molar-refractivity contribution in [3.05, 3.63) is 22.7 Å². The van der Waals surface area contributed by atoms with Gasteiger partial charge in [-0.15, -0.1) is 0 Å². The van der Waals surface area contributed by atoms with Crippen LogP contribution in [-0.4, -0.2) is 39.6 Å². The molecule has 1 aromatic carbocycles. The zero-order chi connectivity index (χ0) is 14.8. The molecule has 0 saturated carbocycles. The molecule has 1 aliphatic heterocycles. The Morgan fingerprint density at radius 1 is 1.33 bits per heavy atom. The number of hydrogen-bond acceptors (Lipinski definition) is 4. The summed E-state index contributed by atoms with van der Waals surface area (Å²) in [5.74, 6) is -0.795. The van der Waals surface area contributed by atoms with Gasteiger partial charge in [0.2, 0.25) is 0 Å². The van der Waals surface area contributed by atoms with Gasteiger partial charge in [0, 0.05) is 17.6 Å². The van der Waals surface area contributed by atoms with Gasteiger partial charge in [0.1, 0.15) is 0 Å². The molecule has 2 heterocycles. The highest BCUT2D eigenvalue weighted by atomic mass is 79.9. The second kappa shape index (κ2) is 6.27. The van der Waals surface area contributed by atoms with E-state index in [1.165, 1.54) is 31.0 Å². The molecule has 5 nitrogen and oxygen atoms in total. The fraction of sp³-hybridized carbons (Fsp3) is 0.429. The minimum Gasteiger partial charge on any atom is -0.481 e. The molecule has 7 heteroatoms. The van der Waals surface area contributed by atoms with Crippen molar-refractivity contribution in [1.29, 1.82) is 0 Å². The third-order valence-corrected chi connectivity index (χ3v) is 4.91. The number of rotatable bonds is 4. The van der Waals surface area contributed by atoms with Crippen molar-refractivity contribution in [1.82, 2.24) is 9.66 Å². The van der Waals surface area contributed by atoms with Crippen molar-refractivity contribution in [2.45, 2.75) is 24.4 Å². The van der Waals surface area contributed by atoms with Crippen LogP contribution in [0.15, 0.2) is 27.8 Å². The van der Waals surface area contributed by atoms with Crippen LogP contribution >= 0.6 is 27.7 Å². The van der Waals surface area contributed by atoms with Gasteiger partial charge in [0.05, 0.1) is 16.8 Å². The number of hydrogen-bond donors (Lipinski definition) is 1. The molecule has 0 aliphatic carbocycles. The maximum absolute atomic E-state index is 10.9. The molecule has 2 aromatic rings. The molecular formula is C14H16BrN3O2S. The number of aliphatic carboxylic acids is 1. The molecule has 0 atom stereocenters. The van der Waals surface area contributed by atoms with Crippen molar-refractivity contribution in [3.63, 3.8) is 0 Å². The zero-order valence-electron chi connectivity index (χ0n) is 11.5. The first-order valence-electron chi connectivity index (χ1n) is 6.93. The molecule has 0 spiro atoms. The van der Waals surface area contributed by atoms with Crippen LogP contribution < -0.4 is 5.01 Å². The highest BCUT2D eigenvalue weighted by molar-refractivity contribution is 9.10. The lowest BCUT2D eigenvalue weighted by Gasteiger charge is -2.31. The summed E-state index contributed by atoms with van der Waals surface area (Å²) >= 11 is 4.74. The van der Waals surface area contributed by atoms with Crippen molar-refractivity contribution in [2.24, 2.45) is 0 Å². The minimum absolute atomic E-state index is 0.0261. The van der Waals surface area contributed by atoms with Gasteiger partial charge in [-0.25, -0.2) is 9.66 Å². The summed E-state index contributed by atoms with van der Waals surface area (Å²) in [5.41, 5.74) is 1.93. The van der Waals surface area contributed by atoms with Crippen LogP contribution in [0.2, 0.25) is 0 Å². The smallest absolute Gasteiger partial charge is 0.313 e.